The van der Waals surface area contributed by atoms with Gasteiger partial charge in [-0.2, -0.15) is 0 Å². The van der Waals surface area contributed by atoms with Gasteiger partial charge in [0, 0.05) is 31.9 Å². The number of carbonyl (C=O) groups excluding carboxylic acids is 3. The van der Waals surface area contributed by atoms with Crippen LogP contribution >= 0.6 is 0 Å². The van der Waals surface area contributed by atoms with Gasteiger partial charge in [0.15, 0.2) is 0 Å². The highest BCUT2D eigenvalue weighted by atomic mass is 16.5. The Morgan fingerprint density at radius 1 is 1.07 bits per heavy atom. The topological polar surface area (TPSA) is 99.6 Å². The van der Waals surface area contributed by atoms with Crippen molar-refractivity contribution in [2.45, 2.75) is 50.5 Å². The van der Waals surface area contributed by atoms with Gasteiger partial charge in [0.1, 0.15) is 17.4 Å². The average Bonchev–Trinajstić information content (AvgIpc) is 3.57. The number of ether oxygens (including phenoxy) is 2. The number of hydrogen-bond donors (Lipinski definition) is 1. The highest BCUT2D eigenvalue weighted by molar-refractivity contribution is 6.03. The fourth-order valence-corrected chi connectivity index (χ4v) is 7.30. The minimum Gasteiger partial charge on any atom is -0.494 e. The zero-order valence-corrected chi connectivity index (χ0v) is 25.0. The molecule has 1 spiro atoms. The average molecular weight is 588 g/mol. The summed E-state index contributed by atoms with van der Waals surface area (Å²) in [6.07, 6.45) is 4.29. The van der Waals surface area contributed by atoms with E-state index < -0.39 is 29.1 Å². The van der Waals surface area contributed by atoms with Crippen molar-refractivity contribution in [3.63, 3.8) is 0 Å². The predicted molar refractivity (Wildman–Crippen MR) is 163 cm³/mol. The Bertz CT molecular complexity index is 1360. The van der Waals surface area contributed by atoms with E-state index in [9.17, 15) is 19.5 Å². The number of aliphatic hydroxyl groups excluding tert-OH is 1. The Morgan fingerprint density at radius 3 is 2.40 bits per heavy atom. The van der Waals surface area contributed by atoms with E-state index in [0.717, 1.165) is 5.56 Å². The number of fused-ring (bicyclic) bond motifs is 1. The minimum atomic E-state index is -1.19. The smallest absolute Gasteiger partial charge is 0.248 e. The quantitative estimate of drug-likeness (QED) is 0.360. The normalized spacial score (nSPS) is 27.1. The molecule has 2 bridgehead atoms. The van der Waals surface area contributed by atoms with Gasteiger partial charge in [0.2, 0.25) is 17.7 Å². The largest absolute Gasteiger partial charge is 0.494 e. The fraction of sp³-hybridized carbons (Fsp3) is 0.441. The summed E-state index contributed by atoms with van der Waals surface area (Å²) in [6.45, 7) is 12.5. The highest BCUT2D eigenvalue weighted by Gasteiger charge is 2.78. The Balaban J connectivity index is 1.52. The minimum absolute atomic E-state index is 0.0308. The van der Waals surface area contributed by atoms with Crippen molar-refractivity contribution in [1.29, 1.82) is 0 Å². The lowest BCUT2D eigenvalue weighted by molar-refractivity contribution is -0.152. The van der Waals surface area contributed by atoms with Crippen LogP contribution in [0.15, 0.2) is 79.9 Å². The van der Waals surface area contributed by atoms with Crippen LogP contribution in [0, 0.1) is 11.8 Å². The molecule has 0 aromatic heterocycles. The lowest BCUT2D eigenvalue weighted by Gasteiger charge is -2.37. The molecule has 3 aliphatic rings. The first-order chi connectivity index (χ1) is 20.7. The molecule has 0 radical (unpaired) electrons. The molecule has 9 heteroatoms. The predicted octanol–water partition coefficient (Wildman–Crippen LogP) is 3.58. The van der Waals surface area contributed by atoms with Gasteiger partial charge in [0.25, 0.3) is 0 Å². The SMILES string of the molecule is C=CCN(Cc1ccccc1)C(=O)C1N(CCO)C(=O)[C@@H]2[C@@H](C(=O)N(CC=C)c3ccc(OCC)cc3)[C@@]3(C)CCC12O3. The van der Waals surface area contributed by atoms with Crippen LogP contribution in [0.25, 0.3) is 0 Å². The van der Waals surface area contributed by atoms with Gasteiger partial charge in [0.05, 0.1) is 30.7 Å². The second kappa shape index (κ2) is 12.3. The summed E-state index contributed by atoms with van der Waals surface area (Å²) in [6, 6.07) is 15.9. The summed E-state index contributed by atoms with van der Waals surface area (Å²) in [5.74, 6) is -1.86. The third-order valence-electron chi connectivity index (χ3n) is 9.03. The Morgan fingerprint density at radius 2 is 1.77 bits per heavy atom. The summed E-state index contributed by atoms with van der Waals surface area (Å²) in [5.41, 5.74) is -0.530. The van der Waals surface area contributed by atoms with E-state index >= 15 is 0 Å². The first-order valence-electron chi connectivity index (χ1n) is 14.9. The lowest BCUT2D eigenvalue weighted by Crippen LogP contribution is -2.56. The molecule has 0 saturated carbocycles. The van der Waals surface area contributed by atoms with E-state index in [1.807, 2.05) is 68.4 Å². The van der Waals surface area contributed by atoms with Gasteiger partial charge in [-0.1, -0.05) is 42.5 Å². The van der Waals surface area contributed by atoms with Crippen molar-refractivity contribution < 1.29 is 29.0 Å². The molecule has 2 aromatic carbocycles. The molecule has 9 nitrogen and oxygen atoms in total. The molecule has 3 heterocycles. The summed E-state index contributed by atoms with van der Waals surface area (Å²) >= 11 is 0. The van der Waals surface area contributed by atoms with Crippen molar-refractivity contribution in [2.75, 3.05) is 37.7 Å². The number of nitrogens with zero attached hydrogens (tertiary/aromatic N) is 3. The van der Waals surface area contributed by atoms with Crippen LogP contribution in [0.5, 0.6) is 5.75 Å². The van der Waals surface area contributed by atoms with E-state index in [2.05, 4.69) is 13.2 Å². The zero-order chi connectivity index (χ0) is 30.8. The summed E-state index contributed by atoms with van der Waals surface area (Å²) < 4.78 is 12.3. The van der Waals surface area contributed by atoms with E-state index in [4.69, 9.17) is 9.47 Å². The molecule has 3 aliphatic heterocycles. The van der Waals surface area contributed by atoms with E-state index in [0.29, 0.717) is 37.4 Å². The Hall–Kier alpha value is -3.95. The molecular formula is C34H41N3O6. The molecule has 3 saturated heterocycles. The monoisotopic (exact) mass is 587 g/mol. The molecular weight excluding hydrogens is 546 g/mol. The highest BCUT2D eigenvalue weighted by Crippen LogP contribution is 2.63. The van der Waals surface area contributed by atoms with Gasteiger partial charge in [-0.15, -0.1) is 13.2 Å². The van der Waals surface area contributed by atoms with Crippen LogP contribution in [0.2, 0.25) is 0 Å². The van der Waals surface area contributed by atoms with Gasteiger partial charge in [-0.3, -0.25) is 14.4 Å². The number of benzene rings is 2. The van der Waals surface area contributed by atoms with E-state index in [-0.39, 0.29) is 44.0 Å². The molecule has 43 heavy (non-hydrogen) atoms. The number of β-amino-alcohol motifs (C(OH)–C–C–N with tert-alkyl or cyclic N) is 1. The second-order valence-electron chi connectivity index (χ2n) is 11.6. The van der Waals surface area contributed by atoms with Crippen LogP contribution in [-0.4, -0.2) is 82.7 Å². The summed E-state index contributed by atoms with van der Waals surface area (Å²) in [7, 11) is 0. The van der Waals surface area contributed by atoms with Gasteiger partial charge in [-0.25, -0.2) is 0 Å². The van der Waals surface area contributed by atoms with Crippen LogP contribution in [0.3, 0.4) is 0 Å². The molecule has 0 aliphatic carbocycles. The second-order valence-corrected chi connectivity index (χ2v) is 11.6. The molecule has 5 atom stereocenters. The third kappa shape index (κ3) is 5.25. The van der Waals surface area contributed by atoms with Gasteiger partial charge < -0.3 is 29.3 Å². The first-order valence-corrected chi connectivity index (χ1v) is 14.9. The maximum atomic E-state index is 14.5. The standard InChI is InChI=1S/C34H41N3O6/c1-5-19-35(23-24-11-9-8-10-12-24)32(41)29-34-18-17-33(4,43-34)27(28(34)31(40)37(29)21-22-38)30(39)36(20-6-2)25-13-15-26(16-14-25)42-7-3/h5-6,8-16,27-29,38H,1-2,7,17-23H2,3-4H3/t27-,28-,29?,33+,34?/m0/s1. The van der Waals surface area contributed by atoms with Crippen LogP contribution in [0.4, 0.5) is 5.69 Å². The summed E-state index contributed by atoms with van der Waals surface area (Å²) in [4.78, 5) is 47.9. The Kier molecular flexibility index (Phi) is 8.76. The molecule has 3 amide bonds. The maximum absolute atomic E-state index is 14.5. The molecule has 5 rings (SSSR count). The van der Waals surface area contributed by atoms with Crippen molar-refractivity contribution >= 4 is 23.4 Å². The van der Waals surface area contributed by atoms with Crippen LogP contribution in [0.1, 0.15) is 32.3 Å². The van der Waals surface area contributed by atoms with Crippen molar-refractivity contribution in [3.8, 4) is 5.75 Å². The number of aliphatic hydroxyl groups is 1. The van der Waals surface area contributed by atoms with Crippen LogP contribution in [-0.2, 0) is 25.7 Å². The number of rotatable bonds is 13. The lowest BCUT2D eigenvalue weighted by atomic mass is 9.66. The molecule has 2 aromatic rings. The zero-order valence-electron chi connectivity index (χ0n) is 25.0. The fourth-order valence-electron chi connectivity index (χ4n) is 7.30. The third-order valence-corrected chi connectivity index (χ3v) is 9.03. The number of anilines is 1. The van der Waals surface area contributed by atoms with Crippen molar-refractivity contribution in [1.82, 2.24) is 9.80 Å². The maximum Gasteiger partial charge on any atom is 0.248 e. The molecule has 228 valence electrons. The Labute approximate surface area is 253 Å². The van der Waals surface area contributed by atoms with Crippen molar-refractivity contribution in [3.05, 3.63) is 85.5 Å². The number of amides is 3. The van der Waals surface area contributed by atoms with E-state index in [1.165, 1.54) is 4.90 Å². The van der Waals surface area contributed by atoms with Crippen molar-refractivity contribution in [2.24, 2.45) is 11.8 Å². The van der Waals surface area contributed by atoms with Gasteiger partial charge >= 0.3 is 0 Å². The molecule has 2 unspecified atom stereocenters. The van der Waals surface area contributed by atoms with Crippen LogP contribution < -0.4 is 9.64 Å². The number of hydrogen-bond acceptors (Lipinski definition) is 6. The molecule has 1 N–H and O–H groups in total. The van der Waals surface area contributed by atoms with E-state index in [1.54, 1.807) is 22.0 Å². The number of likely N-dealkylation sites (tertiary alicyclic amines) is 1. The van der Waals surface area contributed by atoms with Gasteiger partial charge in [-0.05, 0) is 56.5 Å². The molecule has 3 fully saturated rings. The first kappa shape index (κ1) is 30.5. The number of carbonyl (C=O) groups is 3. The summed E-state index contributed by atoms with van der Waals surface area (Å²) in [5, 5.41) is 9.97.